The summed E-state index contributed by atoms with van der Waals surface area (Å²) in [5.74, 6) is 0. The van der Waals surface area contributed by atoms with E-state index in [1.165, 1.54) is 15.4 Å². The molecule has 0 radical (unpaired) electrons. The average molecular weight is 364 g/mol. The molecule has 1 fully saturated rings. The van der Waals surface area contributed by atoms with Gasteiger partial charge in [-0.15, -0.1) is 22.7 Å². The highest BCUT2D eigenvalue weighted by Crippen LogP contribution is 2.36. The van der Waals surface area contributed by atoms with E-state index in [0.717, 1.165) is 43.4 Å². The summed E-state index contributed by atoms with van der Waals surface area (Å²) in [5, 5.41) is 4.21. The van der Waals surface area contributed by atoms with Crippen LogP contribution in [0.15, 0.2) is 35.0 Å². The van der Waals surface area contributed by atoms with Gasteiger partial charge in [-0.05, 0) is 35.1 Å². The Balaban J connectivity index is 1.80. The van der Waals surface area contributed by atoms with Crippen LogP contribution in [0.4, 0.5) is 0 Å². The zero-order valence-electron chi connectivity index (χ0n) is 12.5. The molecule has 0 amide bonds. The smallest absolute Gasteiger partial charge is 0.179 e. The van der Waals surface area contributed by atoms with Gasteiger partial charge in [0.1, 0.15) is 0 Å². The minimum atomic E-state index is 0.781. The summed E-state index contributed by atoms with van der Waals surface area (Å²) in [7, 11) is 0. The van der Waals surface area contributed by atoms with Crippen molar-refractivity contribution in [3.05, 3.63) is 39.8 Å². The molecule has 23 heavy (non-hydrogen) atoms. The Labute approximate surface area is 148 Å². The van der Waals surface area contributed by atoms with Gasteiger partial charge in [0.15, 0.2) is 4.77 Å². The van der Waals surface area contributed by atoms with Crippen molar-refractivity contribution in [2.45, 2.75) is 6.67 Å². The van der Waals surface area contributed by atoms with E-state index in [1.807, 2.05) is 0 Å². The van der Waals surface area contributed by atoms with Crippen molar-refractivity contribution in [1.29, 1.82) is 0 Å². The summed E-state index contributed by atoms with van der Waals surface area (Å²) >= 11 is 9.12. The molecule has 0 bridgehead atoms. The monoisotopic (exact) mass is 363 g/mol. The van der Waals surface area contributed by atoms with Gasteiger partial charge >= 0.3 is 0 Å². The van der Waals surface area contributed by atoms with Gasteiger partial charge in [0.05, 0.1) is 41.0 Å². The number of nitrogens with zero attached hydrogens (tertiary/aromatic N) is 2. The molecule has 0 aliphatic carbocycles. The Morgan fingerprint density at radius 1 is 1.09 bits per heavy atom. The largest absolute Gasteiger partial charge is 0.379 e. The molecule has 1 saturated heterocycles. The summed E-state index contributed by atoms with van der Waals surface area (Å²) in [6, 6.07) is 8.47. The van der Waals surface area contributed by atoms with E-state index in [4.69, 9.17) is 17.0 Å². The molecule has 0 aromatic carbocycles. The van der Waals surface area contributed by atoms with Gasteiger partial charge in [0.25, 0.3) is 0 Å². The number of morpholine rings is 1. The Morgan fingerprint density at radius 3 is 2.43 bits per heavy atom. The lowest BCUT2D eigenvalue weighted by Gasteiger charge is -2.27. The molecular formula is C16H17N3OS3. The molecule has 120 valence electrons. The molecule has 0 unspecified atom stereocenters. The quantitative estimate of drug-likeness (QED) is 0.702. The van der Waals surface area contributed by atoms with Crippen molar-refractivity contribution in [3.8, 4) is 21.1 Å². The fourth-order valence-corrected chi connectivity index (χ4v) is 4.58. The van der Waals surface area contributed by atoms with Crippen molar-refractivity contribution < 1.29 is 4.74 Å². The third-order valence-corrected chi connectivity index (χ3v) is 6.04. The van der Waals surface area contributed by atoms with Crippen molar-refractivity contribution in [2.24, 2.45) is 0 Å². The predicted molar refractivity (Wildman–Crippen MR) is 98.6 cm³/mol. The molecule has 0 saturated carbocycles. The summed E-state index contributed by atoms with van der Waals surface area (Å²) < 4.78 is 8.46. The fourth-order valence-electron chi connectivity index (χ4n) is 2.82. The summed E-state index contributed by atoms with van der Waals surface area (Å²) in [6.07, 6.45) is 0. The van der Waals surface area contributed by atoms with Gasteiger partial charge in [-0.25, -0.2) is 0 Å². The van der Waals surface area contributed by atoms with Crippen LogP contribution in [0.25, 0.3) is 21.1 Å². The number of ether oxygens (including phenoxy) is 1. The average Bonchev–Trinajstić information content (AvgIpc) is 3.30. The maximum Gasteiger partial charge on any atom is 0.179 e. The van der Waals surface area contributed by atoms with Crippen LogP contribution in [0.2, 0.25) is 0 Å². The lowest BCUT2D eigenvalue weighted by atomic mass is 10.2. The van der Waals surface area contributed by atoms with Gasteiger partial charge in [-0.3, -0.25) is 4.90 Å². The number of thiophene rings is 2. The van der Waals surface area contributed by atoms with Crippen molar-refractivity contribution in [1.82, 2.24) is 14.5 Å². The zero-order valence-corrected chi connectivity index (χ0v) is 15.0. The number of H-pyrrole nitrogens is 1. The molecule has 4 heterocycles. The van der Waals surface area contributed by atoms with Crippen LogP contribution in [0, 0.1) is 4.77 Å². The number of aromatic nitrogens is 2. The minimum Gasteiger partial charge on any atom is -0.379 e. The third-order valence-electron chi connectivity index (χ3n) is 3.95. The molecule has 1 aliphatic rings. The molecular weight excluding hydrogens is 346 g/mol. The lowest BCUT2D eigenvalue weighted by molar-refractivity contribution is 0.0235. The molecule has 0 spiro atoms. The van der Waals surface area contributed by atoms with E-state index in [9.17, 15) is 0 Å². The van der Waals surface area contributed by atoms with E-state index in [0.29, 0.717) is 0 Å². The molecule has 3 aromatic rings. The van der Waals surface area contributed by atoms with E-state index in [-0.39, 0.29) is 0 Å². The Bertz CT molecular complexity index is 812. The molecule has 4 nitrogen and oxygen atoms in total. The highest BCUT2D eigenvalue weighted by atomic mass is 32.1. The summed E-state index contributed by atoms with van der Waals surface area (Å²) in [5.41, 5.74) is 2.32. The van der Waals surface area contributed by atoms with Crippen molar-refractivity contribution in [2.75, 3.05) is 26.3 Å². The highest BCUT2D eigenvalue weighted by molar-refractivity contribution is 7.71. The van der Waals surface area contributed by atoms with Crippen LogP contribution in [0.1, 0.15) is 0 Å². The standard InChI is InChI=1S/C16H17N3OS3/c21-16-17-14(12-3-1-9-22-12)15(13-4-2-10-23-13)19(16)11-18-5-7-20-8-6-18/h1-4,9-10H,5-8,11H2,(H,17,21). The van der Waals surface area contributed by atoms with Crippen LogP contribution >= 0.6 is 34.9 Å². The SMILES string of the molecule is S=c1[nH]c(-c2cccs2)c(-c2cccs2)n1CN1CCOCC1. The first-order valence-electron chi connectivity index (χ1n) is 7.53. The number of rotatable bonds is 4. The number of aromatic amines is 1. The second-order valence-corrected chi connectivity index (χ2v) is 7.69. The van der Waals surface area contributed by atoms with Gasteiger partial charge in [-0.1, -0.05) is 12.1 Å². The van der Waals surface area contributed by atoms with E-state index in [1.54, 1.807) is 22.7 Å². The van der Waals surface area contributed by atoms with E-state index < -0.39 is 0 Å². The maximum absolute atomic E-state index is 5.64. The molecule has 1 aliphatic heterocycles. The first-order chi connectivity index (χ1) is 11.3. The van der Waals surface area contributed by atoms with Crippen LogP contribution in [0.5, 0.6) is 0 Å². The van der Waals surface area contributed by atoms with Gasteiger partial charge < -0.3 is 14.3 Å². The molecule has 7 heteroatoms. The number of nitrogens with one attached hydrogen (secondary N) is 1. The van der Waals surface area contributed by atoms with E-state index >= 15 is 0 Å². The Kier molecular flexibility index (Phi) is 4.46. The summed E-state index contributed by atoms with van der Waals surface area (Å²) in [6.45, 7) is 4.29. The van der Waals surface area contributed by atoms with Gasteiger partial charge in [-0.2, -0.15) is 0 Å². The predicted octanol–water partition coefficient (Wildman–Crippen LogP) is 4.29. The zero-order chi connectivity index (χ0) is 15.6. The molecule has 0 atom stereocenters. The first kappa shape index (κ1) is 15.3. The second-order valence-electron chi connectivity index (χ2n) is 5.41. The molecule has 3 aromatic heterocycles. The molecule has 4 rings (SSSR count). The number of hydrogen-bond acceptors (Lipinski definition) is 5. The van der Waals surface area contributed by atoms with Crippen molar-refractivity contribution in [3.63, 3.8) is 0 Å². The van der Waals surface area contributed by atoms with Gasteiger partial charge in [0.2, 0.25) is 0 Å². The topological polar surface area (TPSA) is 33.2 Å². The Hall–Kier alpha value is -1.25. The lowest BCUT2D eigenvalue weighted by Crippen LogP contribution is -2.37. The van der Waals surface area contributed by atoms with Crippen LogP contribution in [0.3, 0.4) is 0 Å². The fraction of sp³-hybridized carbons (Fsp3) is 0.312. The normalized spacial score (nSPS) is 16.0. The van der Waals surface area contributed by atoms with Crippen LogP contribution < -0.4 is 0 Å². The van der Waals surface area contributed by atoms with Crippen LogP contribution in [-0.2, 0) is 11.4 Å². The maximum atomic E-state index is 5.64. The van der Waals surface area contributed by atoms with Gasteiger partial charge in [0, 0.05) is 13.1 Å². The number of imidazole rings is 1. The highest BCUT2D eigenvalue weighted by Gasteiger charge is 2.20. The minimum absolute atomic E-state index is 0.781. The third kappa shape index (κ3) is 3.07. The van der Waals surface area contributed by atoms with Crippen molar-refractivity contribution >= 4 is 34.9 Å². The first-order valence-corrected chi connectivity index (χ1v) is 9.70. The number of hydrogen-bond donors (Lipinski definition) is 1. The van der Waals surface area contributed by atoms with Crippen LogP contribution in [-0.4, -0.2) is 40.8 Å². The Morgan fingerprint density at radius 2 is 1.78 bits per heavy atom. The van der Waals surface area contributed by atoms with E-state index in [2.05, 4.69) is 49.5 Å². The summed E-state index contributed by atoms with van der Waals surface area (Å²) in [4.78, 5) is 8.29. The second kappa shape index (κ2) is 6.70. The molecule has 1 N–H and O–H groups in total.